The highest BCUT2D eigenvalue weighted by Gasteiger charge is 2.34. The number of aromatic amines is 1. The Morgan fingerprint density at radius 1 is 1.46 bits per heavy atom. The normalized spacial score (nSPS) is 22.9. The molecular formula is C18H21BrN4O. The van der Waals surface area contributed by atoms with Gasteiger partial charge in [-0.05, 0) is 59.1 Å². The summed E-state index contributed by atoms with van der Waals surface area (Å²) in [4.78, 5) is 17.7. The first-order chi connectivity index (χ1) is 11.6. The highest BCUT2D eigenvalue weighted by molar-refractivity contribution is 9.10. The van der Waals surface area contributed by atoms with Crippen LogP contribution in [0.3, 0.4) is 0 Å². The molecule has 1 aromatic carbocycles. The second-order valence-corrected chi connectivity index (χ2v) is 7.33. The van der Waals surface area contributed by atoms with E-state index in [0.29, 0.717) is 12.6 Å². The van der Waals surface area contributed by atoms with E-state index in [0.717, 1.165) is 23.1 Å². The van der Waals surface area contributed by atoms with Crippen LogP contribution >= 0.6 is 15.9 Å². The number of halogens is 1. The number of nitrogens with zero attached hydrogens (tertiary/aromatic N) is 1. The van der Waals surface area contributed by atoms with Crippen molar-refractivity contribution in [3.8, 4) is 0 Å². The Morgan fingerprint density at radius 3 is 3.08 bits per heavy atom. The van der Waals surface area contributed by atoms with Gasteiger partial charge >= 0.3 is 6.03 Å². The molecular weight excluding hydrogens is 368 g/mol. The molecule has 0 fully saturated rings. The molecule has 2 atom stereocenters. The lowest BCUT2D eigenvalue weighted by Crippen LogP contribution is -2.52. The van der Waals surface area contributed by atoms with E-state index in [1.54, 1.807) is 0 Å². The molecule has 3 N–H and O–H groups in total. The Morgan fingerprint density at radius 2 is 2.29 bits per heavy atom. The highest BCUT2D eigenvalue weighted by Crippen LogP contribution is 2.42. The molecule has 2 unspecified atom stereocenters. The number of amides is 2. The van der Waals surface area contributed by atoms with Gasteiger partial charge in [-0.2, -0.15) is 0 Å². The largest absolute Gasteiger partial charge is 0.349 e. The number of rotatable bonds is 2. The van der Waals surface area contributed by atoms with Gasteiger partial charge in [-0.3, -0.25) is 4.90 Å². The second-order valence-electron chi connectivity index (χ2n) is 6.54. The van der Waals surface area contributed by atoms with Gasteiger partial charge in [0.15, 0.2) is 0 Å². The van der Waals surface area contributed by atoms with Crippen LogP contribution in [0.5, 0.6) is 0 Å². The molecule has 5 nitrogen and oxygen atoms in total. The van der Waals surface area contributed by atoms with Crippen molar-refractivity contribution in [1.29, 1.82) is 0 Å². The van der Waals surface area contributed by atoms with E-state index in [9.17, 15) is 4.79 Å². The molecule has 1 aromatic heterocycles. The van der Waals surface area contributed by atoms with Crippen molar-refractivity contribution < 1.29 is 4.79 Å². The van der Waals surface area contributed by atoms with Gasteiger partial charge in [0.1, 0.15) is 0 Å². The monoisotopic (exact) mass is 388 g/mol. The molecule has 24 heavy (non-hydrogen) atoms. The summed E-state index contributed by atoms with van der Waals surface area (Å²) in [5.41, 5.74) is 5.10. The summed E-state index contributed by atoms with van der Waals surface area (Å²) < 4.78 is 1.08. The van der Waals surface area contributed by atoms with Crippen molar-refractivity contribution in [2.24, 2.45) is 0 Å². The van der Waals surface area contributed by atoms with E-state index in [4.69, 9.17) is 0 Å². The fourth-order valence-electron chi connectivity index (χ4n) is 3.97. The van der Waals surface area contributed by atoms with Crippen LogP contribution in [-0.4, -0.2) is 48.1 Å². The number of carbonyl (C=O) groups is 1. The fraction of sp³-hybridized carbons (Fsp3) is 0.389. The number of urea groups is 1. The Kier molecular flexibility index (Phi) is 3.89. The third-order valence-corrected chi connectivity index (χ3v) is 5.67. The maximum absolute atomic E-state index is 11.9. The van der Waals surface area contributed by atoms with E-state index >= 15 is 0 Å². The molecule has 126 valence electrons. The number of H-pyrrole nitrogens is 1. The quantitative estimate of drug-likeness (QED) is 0.740. The minimum Gasteiger partial charge on any atom is -0.349 e. The van der Waals surface area contributed by atoms with Crippen LogP contribution in [0.25, 0.3) is 16.5 Å². The minimum absolute atomic E-state index is 0.0204. The van der Waals surface area contributed by atoms with Crippen LogP contribution in [0.4, 0.5) is 4.79 Å². The molecule has 1 aliphatic carbocycles. The standard InChI is InChI=1S/C18H21BrN4O/c1-3-20-18(24)21-10-7-12-11-5-4-6-14-16(11)13(17(19)22-14)8-15(12)23(2)9-10/h4-7,10,15,22H,3,8-9H2,1-2H3,(H2,20,21,24). The first-order valence-electron chi connectivity index (χ1n) is 8.34. The summed E-state index contributed by atoms with van der Waals surface area (Å²) >= 11 is 3.68. The number of hydrogen-bond donors (Lipinski definition) is 3. The first kappa shape index (κ1) is 15.7. The maximum Gasteiger partial charge on any atom is 0.315 e. The van der Waals surface area contributed by atoms with Gasteiger partial charge in [-0.15, -0.1) is 0 Å². The predicted molar refractivity (Wildman–Crippen MR) is 100 cm³/mol. The van der Waals surface area contributed by atoms with E-state index in [2.05, 4.69) is 67.8 Å². The van der Waals surface area contributed by atoms with Gasteiger partial charge in [-0.1, -0.05) is 18.2 Å². The number of hydrogen-bond acceptors (Lipinski definition) is 2. The van der Waals surface area contributed by atoms with Crippen molar-refractivity contribution in [1.82, 2.24) is 20.5 Å². The molecule has 2 aliphatic rings. The summed E-state index contributed by atoms with van der Waals surface area (Å²) in [6, 6.07) is 6.66. The molecule has 4 rings (SSSR count). The van der Waals surface area contributed by atoms with Crippen LogP contribution < -0.4 is 10.6 Å². The lowest BCUT2D eigenvalue weighted by atomic mass is 9.81. The molecule has 0 saturated heterocycles. The molecule has 0 bridgehead atoms. The van der Waals surface area contributed by atoms with E-state index in [-0.39, 0.29) is 12.1 Å². The van der Waals surface area contributed by atoms with Crippen LogP contribution in [0.15, 0.2) is 28.9 Å². The molecule has 0 radical (unpaired) electrons. The van der Waals surface area contributed by atoms with Gasteiger partial charge in [-0.25, -0.2) is 4.79 Å². The molecule has 2 aromatic rings. The average Bonchev–Trinajstić information content (AvgIpc) is 2.86. The number of benzene rings is 1. The smallest absolute Gasteiger partial charge is 0.315 e. The molecule has 1 aliphatic heterocycles. The third kappa shape index (κ3) is 2.45. The Labute approximate surface area is 149 Å². The molecule has 0 spiro atoms. The number of likely N-dealkylation sites (N-methyl/N-ethyl adjacent to an activating group) is 1. The van der Waals surface area contributed by atoms with Crippen molar-refractivity contribution >= 4 is 38.4 Å². The number of fused-ring (bicyclic) bond motifs is 2. The number of aromatic nitrogens is 1. The van der Waals surface area contributed by atoms with Crippen molar-refractivity contribution in [3.05, 3.63) is 40.0 Å². The Hall–Kier alpha value is -1.79. The summed E-state index contributed by atoms with van der Waals surface area (Å²) in [7, 11) is 2.13. The van der Waals surface area contributed by atoms with Crippen molar-refractivity contribution in [3.63, 3.8) is 0 Å². The molecule has 0 saturated carbocycles. The zero-order valence-electron chi connectivity index (χ0n) is 13.8. The van der Waals surface area contributed by atoms with Gasteiger partial charge in [0.05, 0.1) is 10.6 Å². The van der Waals surface area contributed by atoms with E-state index < -0.39 is 0 Å². The second kappa shape index (κ2) is 5.93. The summed E-state index contributed by atoms with van der Waals surface area (Å²) in [5.74, 6) is 0. The summed E-state index contributed by atoms with van der Waals surface area (Å²) in [6.07, 6.45) is 3.21. The zero-order valence-corrected chi connectivity index (χ0v) is 15.4. The number of carbonyl (C=O) groups excluding carboxylic acids is 1. The van der Waals surface area contributed by atoms with Crippen LogP contribution in [0.1, 0.15) is 18.1 Å². The first-order valence-corrected chi connectivity index (χ1v) is 9.13. The Balaban J connectivity index is 1.77. The topological polar surface area (TPSA) is 60.2 Å². The van der Waals surface area contributed by atoms with Gasteiger partial charge < -0.3 is 15.6 Å². The van der Waals surface area contributed by atoms with Gasteiger partial charge in [0, 0.05) is 30.0 Å². The molecule has 2 amide bonds. The third-order valence-electron chi connectivity index (χ3n) is 4.99. The lowest BCUT2D eigenvalue weighted by molar-refractivity contribution is 0.226. The van der Waals surface area contributed by atoms with Crippen LogP contribution in [0.2, 0.25) is 0 Å². The van der Waals surface area contributed by atoms with Crippen molar-refractivity contribution in [2.45, 2.75) is 25.4 Å². The van der Waals surface area contributed by atoms with Crippen LogP contribution in [-0.2, 0) is 6.42 Å². The Bertz CT molecular complexity index is 841. The SMILES string of the molecule is CCNC(=O)NC1C=C2c3cccc4[nH]c(Br)c(c34)CC2N(C)C1. The van der Waals surface area contributed by atoms with Gasteiger partial charge in [0.25, 0.3) is 0 Å². The van der Waals surface area contributed by atoms with E-state index in [1.807, 2.05) is 6.92 Å². The average molecular weight is 389 g/mol. The number of nitrogens with one attached hydrogen (secondary N) is 3. The predicted octanol–water partition coefficient (Wildman–Crippen LogP) is 2.87. The summed E-state index contributed by atoms with van der Waals surface area (Å²) in [6.45, 7) is 3.38. The zero-order chi connectivity index (χ0) is 16.8. The fourth-order valence-corrected chi connectivity index (χ4v) is 4.54. The molecule has 2 heterocycles. The lowest BCUT2D eigenvalue weighted by Gasteiger charge is -2.40. The maximum atomic E-state index is 11.9. The van der Waals surface area contributed by atoms with Crippen molar-refractivity contribution in [2.75, 3.05) is 20.1 Å². The minimum atomic E-state index is -0.106. The molecule has 6 heteroatoms. The van der Waals surface area contributed by atoms with Gasteiger partial charge in [0.2, 0.25) is 0 Å². The van der Waals surface area contributed by atoms with Crippen LogP contribution in [0, 0.1) is 0 Å². The summed E-state index contributed by atoms with van der Waals surface area (Å²) in [5, 5.41) is 7.17. The van der Waals surface area contributed by atoms with E-state index in [1.165, 1.54) is 22.1 Å². The highest BCUT2D eigenvalue weighted by atomic mass is 79.9.